The summed E-state index contributed by atoms with van der Waals surface area (Å²) in [6.07, 6.45) is -1.05. The number of carbonyl (C=O) groups excluding carboxylic acids is 1. The van der Waals surface area contributed by atoms with Crippen LogP contribution >= 0.6 is 0 Å². The van der Waals surface area contributed by atoms with Crippen LogP contribution in [0.2, 0.25) is 0 Å². The fourth-order valence-corrected chi connectivity index (χ4v) is 6.91. The van der Waals surface area contributed by atoms with Crippen LogP contribution in [0.15, 0.2) is 58.3 Å². The second-order valence-electron chi connectivity index (χ2n) is 7.76. The maximum absolute atomic E-state index is 13.1. The van der Waals surface area contributed by atoms with Gasteiger partial charge in [-0.2, -0.15) is 8.61 Å². The molecule has 2 aromatic rings. The summed E-state index contributed by atoms with van der Waals surface area (Å²) in [5.74, 6) is -0.130. The number of hydrogen-bond acceptors (Lipinski definition) is 7. The molecule has 186 valence electrons. The summed E-state index contributed by atoms with van der Waals surface area (Å²) < 4.78 is 58.9. The lowest BCUT2D eigenvalue weighted by atomic mass is 10.2. The van der Waals surface area contributed by atoms with Gasteiger partial charge in [0.1, 0.15) is 11.8 Å². The van der Waals surface area contributed by atoms with Gasteiger partial charge in [0, 0.05) is 31.7 Å². The molecule has 2 atom stereocenters. The molecule has 3 rings (SSSR count). The molecule has 0 aliphatic carbocycles. The molecule has 0 spiro atoms. The Morgan fingerprint density at radius 1 is 1.03 bits per heavy atom. The molecule has 34 heavy (non-hydrogen) atoms. The van der Waals surface area contributed by atoms with Crippen molar-refractivity contribution >= 4 is 31.6 Å². The lowest BCUT2D eigenvalue weighted by molar-refractivity contribution is -0.119. The van der Waals surface area contributed by atoms with Crippen molar-refractivity contribution in [1.29, 1.82) is 0 Å². The number of ether oxygens (including phenoxy) is 1. The third-order valence-corrected chi connectivity index (χ3v) is 9.62. The molecule has 1 aliphatic rings. The minimum atomic E-state index is -4.05. The summed E-state index contributed by atoms with van der Waals surface area (Å²) in [4.78, 5) is 13.0. The number of sulfonamides is 2. The van der Waals surface area contributed by atoms with Crippen molar-refractivity contribution in [3.05, 3.63) is 48.5 Å². The Balaban J connectivity index is 1.79. The highest BCUT2D eigenvalue weighted by atomic mass is 32.2. The van der Waals surface area contributed by atoms with E-state index >= 15 is 0 Å². The Morgan fingerprint density at radius 2 is 1.59 bits per heavy atom. The van der Waals surface area contributed by atoms with Gasteiger partial charge < -0.3 is 15.2 Å². The van der Waals surface area contributed by atoms with Crippen LogP contribution in [0.3, 0.4) is 0 Å². The van der Waals surface area contributed by atoms with E-state index in [1.54, 1.807) is 13.8 Å². The van der Waals surface area contributed by atoms with Crippen LogP contribution in [0.25, 0.3) is 0 Å². The Labute approximate surface area is 200 Å². The molecule has 0 aromatic heterocycles. The Bertz CT molecular complexity index is 1210. The number of β-amino-alcohol motifs (C(OH)–C–C–N with tert-alkyl or cyclic N) is 1. The van der Waals surface area contributed by atoms with Gasteiger partial charge in [-0.3, -0.25) is 4.79 Å². The Hall–Kier alpha value is -2.51. The van der Waals surface area contributed by atoms with Gasteiger partial charge in [0.25, 0.3) is 0 Å². The van der Waals surface area contributed by atoms with Gasteiger partial charge in [0.05, 0.1) is 23.0 Å². The standard InChI is InChI=1S/C22H29N3O7S2/c1-4-24(5-2)33(28,29)19-10-6-16(7-11-19)23-22(27)21-14-17(26)15-25(21)34(30,31)20-12-8-18(32-3)9-13-20/h6-13,17,21,26H,4-5,14-15H2,1-3H3,(H,23,27)/t17-,21-/m0/s1. The molecule has 1 saturated heterocycles. The monoisotopic (exact) mass is 511 g/mol. The van der Waals surface area contributed by atoms with Crippen molar-refractivity contribution in [2.45, 2.75) is 42.2 Å². The fraction of sp³-hybridized carbons (Fsp3) is 0.409. The molecule has 0 bridgehead atoms. The van der Waals surface area contributed by atoms with Crippen LogP contribution in [0.4, 0.5) is 5.69 Å². The van der Waals surface area contributed by atoms with Crippen LogP contribution in [0.5, 0.6) is 5.75 Å². The number of amides is 1. The number of hydrogen-bond donors (Lipinski definition) is 2. The van der Waals surface area contributed by atoms with Crippen LogP contribution in [0, 0.1) is 0 Å². The Kier molecular flexibility index (Phi) is 7.98. The number of methoxy groups -OCH3 is 1. The molecule has 0 saturated carbocycles. The zero-order chi connectivity index (χ0) is 25.1. The highest BCUT2D eigenvalue weighted by Gasteiger charge is 2.43. The third-order valence-electron chi connectivity index (χ3n) is 5.67. The number of aliphatic hydroxyl groups excluding tert-OH is 1. The van der Waals surface area contributed by atoms with E-state index in [2.05, 4.69) is 5.32 Å². The first kappa shape index (κ1) is 26.1. The maximum atomic E-state index is 13.1. The van der Waals surface area contributed by atoms with Crippen LogP contribution < -0.4 is 10.1 Å². The number of nitrogens with zero attached hydrogens (tertiary/aromatic N) is 2. The summed E-state index contributed by atoms with van der Waals surface area (Å²) >= 11 is 0. The van der Waals surface area contributed by atoms with Crippen molar-refractivity contribution in [3.8, 4) is 5.75 Å². The summed E-state index contributed by atoms with van der Waals surface area (Å²) in [5, 5.41) is 12.8. The van der Waals surface area contributed by atoms with Gasteiger partial charge in [-0.15, -0.1) is 0 Å². The molecule has 0 unspecified atom stereocenters. The average molecular weight is 512 g/mol. The van der Waals surface area contributed by atoms with Gasteiger partial charge in [0.15, 0.2) is 0 Å². The van der Waals surface area contributed by atoms with E-state index in [1.165, 1.54) is 59.9 Å². The van der Waals surface area contributed by atoms with E-state index in [4.69, 9.17) is 4.74 Å². The highest BCUT2D eigenvalue weighted by molar-refractivity contribution is 7.89. The smallest absolute Gasteiger partial charge is 0.243 e. The first-order valence-electron chi connectivity index (χ1n) is 10.8. The first-order valence-corrected chi connectivity index (χ1v) is 13.7. The minimum absolute atomic E-state index is 0.0221. The zero-order valence-corrected chi connectivity index (χ0v) is 20.8. The van der Waals surface area contributed by atoms with Crippen molar-refractivity contribution in [2.24, 2.45) is 0 Å². The van der Waals surface area contributed by atoms with Crippen molar-refractivity contribution in [3.63, 3.8) is 0 Å². The lowest BCUT2D eigenvalue weighted by Gasteiger charge is -2.23. The molecular formula is C22H29N3O7S2. The predicted octanol–water partition coefficient (Wildman–Crippen LogP) is 1.49. The van der Waals surface area contributed by atoms with E-state index in [-0.39, 0.29) is 22.8 Å². The third kappa shape index (κ3) is 5.26. The van der Waals surface area contributed by atoms with E-state index in [1.807, 2.05) is 0 Å². The summed E-state index contributed by atoms with van der Waals surface area (Å²) in [7, 11) is -6.23. The van der Waals surface area contributed by atoms with E-state index < -0.39 is 38.1 Å². The number of benzene rings is 2. The molecule has 12 heteroatoms. The van der Waals surface area contributed by atoms with Crippen molar-refractivity contribution in [2.75, 3.05) is 32.1 Å². The quantitative estimate of drug-likeness (QED) is 0.521. The van der Waals surface area contributed by atoms with Gasteiger partial charge in [-0.25, -0.2) is 16.8 Å². The number of carbonyl (C=O) groups is 1. The molecule has 2 aromatic carbocycles. The molecule has 1 aliphatic heterocycles. The maximum Gasteiger partial charge on any atom is 0.243 e. The largest absolute Gasteiger partial charge is 0.497 e. The molecule has 1 fully saturated rings. The SMILES string of the molecule is CCN(CC)S(=O)(=O)c1ccc(NC(=O)[C@@H]2C[C@H](O)CN2S(=O)(=O)c2ccc(OC)cc2)cc1. The number of aliphatic hydroxyl groups is 1. The van der Waals surface area contributed by atoms with Crippen LogP contribution in [0.1, 0.15) is 20.3 Å². The highest BCUT2D eigenvalue weighted by Crippen LogP contribution is 2.28. The van der Waals surface area contributed by atoms with Crippen molar-refractivity contribution in [1.82, 2.24) is 8.61 Å². The molecule has 2 N–H and O–H groups in total. The Morgan fingerprint density at radius 3 is 2.12 bits per heavy atom. The molecule has 1 heterocycles. The van der Waals surface area contributed by atoms with E-state index in [9.17, 15) is 26.7 Å². The molecule has 10 nitrogen and oxygen atoms in total. The average Bonchev–Trinajstić information content (AvgIpc) is 3.23. The number of rotatable bonds is 9. The van der Waals surface area contributed by atoms with Gasteiger partial charge >= 0.3 is 0 Å². The van der Waals surface area contributed by atoms with Gasteiger partial charge in [0.2, 0.25) is 26.0 Å². The predicted molar refractivity (Wildman–Crippen MR) is 126 cm³/mol. The van der Waals surface area contributed by atoms with Crippen LogP contribution in [-0.4, -0.2) is 75.3 Å². The zero-order valence-electron chi connectivity index (χ0n) is 19.2. The first-order chi connectivity index (χ1) is 16.0. The number of anilines is 1. The van der Waals surface area contributed by atoms with Gasteiger partial charge in [-0.05, 0) is 48.5 Å². The number of nitrogens with one attached hydrogen (secondary N) is 1. The summed E-state index contributed by atoms with van der Waals surface area (Å²) in [6.45, 7) is 3.95. The van der Waals surface area contributed by atoms with Gasteiger partial charge in [-0.1, -0.05) is 13.8 Å². The van der Waals surface area contributed by atoms with Crippen molar-refractivity contribution < 1.29 is 31.5 Å². The molecular weight excluding hydrogens is 482 g/mol. The van der Waals surface area contributed by atoms with Crippen LogP contribution in [-0.2, 0) is 24.8 Å². The normalized spacial score (nSPS) is 19.3. The van der Waals surface area contributed by atoms with E-state index in [0.717, 1.165) is 4.31 Å². The second-order valence-corrected chi connectivity index (χ2v) is 11.6. The topological polar surface area (TPSA) is 133 Å². The summed E-state index contributed by atoms with van der Waals surface area (Å²) in [6, 6.07) is 10.3. The summed E-state index contributed by atoms with van der Waals surface area (Å²) in [5.41, 5.74) is 0.312. The lowest BCUT2D eigenvalue weighted by Crippen LogP contribution is -2.43. The molecule has 0 radical (unpaired) electrons. The fourth-order valence-electron chi connectivity index (χ4n) is 3.82. The van der Waals surface area contributed by atoms with E-state index in [0.29, 0.717) is 24.5 Å². The molecule has 1 amide bonds. The minimum Gasteiger partial charge on any atom is -0.497 e. The second kappa shape index (κ2) is 10.4.